The van der Waals surface area contributed by atoms with Crippen LogP contribution in [0.4, 0.5) is 11.4 Å². The lowest BCUT2D eigenvalue weighted by Gasteiger charge is -2.18. The van der Waals surface area contributed by atoms with Crippen molar-refractivity contribution in [2.24, 2.45) is 0 Å². The zero-order chi connectivity index (χ0) is 49.9. The Bertz CT molecular complexity index is 2920. The molecule has 366 valence electrons. The van der Waals surface area contributed by atoms with Gasteiger partial charge in [0.15, 0.2) is 0 Å². The average molecular weight is 1030 g/mol. The molecule has 70 heavy (non-hydrogen) atoms. The summed E-state index contributed by atoms with van der Waals surface area (Å²) in [6.07, 6.45) is 10.2. The zero-order valence-electron chi connectivity index (χ0n) is 37.2. The Kier molecular flexibility index (Phi) is 15.2. The number of phosphoric acid groups is 2. The van der Waals surface area contributed by atoms with Crippen molar-refractivity contribution < 1.29 is 61.7 Å². The van der Waals surface area contributed by atoms with E-state index in [0.29, 0.717) is 63.6 Å². The van der Waals surface area contributed by atoms with Crippen LogP contribution in [0.5, 0.6) is 11.5 Å². The molecule has 5 amide bonds. The van der Waals surface area contributed by atoms with E-state index >= 15 is 0 Å². The van der Waals surface area contributed by atoms with Crippen molar-refractivity contribution in [3.63, 3.8) is 0 Å². The first-order valence-corrected chi connectivity index (χ1v) is 26.3. The van der Waals surface area contributed by atoms with E-state index in [1.165, 1.54) is 46.2 Å². The van der Waals surface area contributed by atoms with E-state index in [-0.39, 0.29) is 92.0 Å². The van der Waals surface area contributed by atoms with Crippen LogP contribution in [-0.4, -0.2) is 96.5 Å². The number of amides is 5. The van der Waals surface area contributed by atoms with Crippen molar-refractivity contribution >= 4 is 113 Å². The molecule has 4 heterocycles. The van der Waals surface area contributed by atoms with Crippen molar-refractivity contribution in [3.8, 4) is 11.5 Å². The van der Waals surface area contributed by atoms with Crippen molar-refractivity contribution in [3.05, 3.63) is 120 Å². The van der Waals surface area contributed by atoms with Crippen LogP contribution in [-0.2, 0) is 39.6 Å². The number of anilines is 2. The summed E-state index contributed by atoms with van der Waals surface area (Å²) in [5.41, 5.74) is 3.26. The van der Waals surface area contributed by atoms with Gasteiger partial charge in [-0.1, -0.05) is 55.0 Å². The van der Waals surface area contributed by atoms with Crippen LogP contribution in [0.2, 0.25) is 0 Å². The molecule has 5 N–H and O–H groups in total. The molecular formula is C48H47Cl2N5O13P2. The second kappa shape index (κ2) is 21.1. The van der Waals surface area contributed by atoms with Gasteiger partial charge in [-0.15, -0.1) is 23.2 Å². The van der Waals surface area contributed by atoms with Gasteiger partial charge in [0.1, 0.15) is 11.5 Å². The lowest BCUT2D eigenvalue weighted by molar-refractivity contribution is -0.137. The number of phosphoric ester groups is 2. The predicted octanol–water partition coefficient (Wildman–Crippen LogP) is 7.10. The van der Waals surface area contributed by atoms with Gasteiger partial charge in [-0.25, -0.2) is 9.13 Å². The third-order valence-corrected chi connectivity index (χ3v) is 13.9. The first kappa shape index (κ1) is 50.3. The van der Waals surface area contributed by atoms with Gasteiger partial charge in [0, 0.05) is 121 Å². The number of hydrogen-bond donors (Lipinski definition) is 5. The molecule has 0 spiro atoms. The van der Waals surface area contributed by atoms with Gasteiger partial charge in [0.25, 0.3) is 23.6 Å². The zero-order valence-corrected chi connectivity index (χ0v) is 40.5. The number of hydrogen-bond acceptors (Lipinski definition) is 9. The number of nitrogens with one attached hydrogen (secondary N) is 1. The van der Waals surface area contributed by atoms with Crippen molar-refractivity contribution in [2.75, 3.05) is 47.7 Å². The summed E-state index contributed by atoms with van der Waals surface area (Å²) in [5, 5.41) is 5.05. The molecule has 3 aliphatic heterocycles. The number of rotatable bonds is 19. The lowest BCUT2D eigenvalue weighted by Crippen LogP contribution is -2.31. The average Bonchev–Trinajstić information content (AvgIpc) is 4.09. The molecule has 2 atom stereocenters. The molecular weight excluding hydrogens is 987 g/mol. The first-order chi connectivity index (χ1) is 33.4. The smallest absolute Gasteiger partial charge is 0.404 e. The highest BCUT2D eigenvalue weighted by molar-refractivity contribution is 7.47. The van der Waals surface area contributed by atoms with Gasteiger partial charge >= 0.3 is 15.6 Å². The van der Waals surface area contributed by atoms with Crippen molar-refractivity contribution in [1.82, 2.24) is 14.8 Å². The third-order valence-electron chi connectivity index (χ3n) is 12.3. The molecule has 0 bridgehead atoms. The van der Waals surface area contributed by atoms with Crippen molar-refractivity contribution in [2.45, 2.75) is 44.1 Å². The molecule has 8 rings (SSSR count). The summed E-state index contributed by atoms with van der Waals surface area (Å²) in [6.45, 7) is 0.954. The fraction of sp³-hybridized carbons (Fsp3) is 0.271. The molecule has 22 heteroatoms. The van der Waals surface area contributed by atoms with Gasteiger partial charge in [-0.2, -0.15) is 0 Å². The standard InChI is InChI=1S/C48H47Cl2N5O13P2/c49-26-30-28-54(38-24-40(67-69(61,62)63)34-8-3-5-10-36(34)47(30)38)45(59)17-15-32-13-14-33(52(32)23-21-51-42(56)12-2-1-7-22-53-43(57)19-20-44(53)58)16-18-46(60)55-29-31(27-50)48-37-11-6-4-9-35(37)41(25-39(48)55)68-70(64,65)66/h3-6,8-11,13-20,24-25,30-31H,1-2,7,12,21-23,26-29H2,(H,51,56)(H2,61,62,63)(H2,64,65,66)/t30-,31-/m1/s1. The minimum Gasteiger partial charge on any atom is -0.404 e. The molecule has 0 unspecified atom stereocenters. The number of imide groups is 1. The molecule has 18 nitrogen and oxygen atoms in total. The van der Waals surface area contributed by atoms with Crippen LogP contribution in [0.1, 0.15) is 60.0 Å². The number of unbranched alkanes of at least 4 members (excludes halogenated alkanes) is 2. The largest absolute Gasteiger partial charge is 0.524 e. The first-order valence-electron chi connectivity index (χ1n) is 22.2. The molecule has 0 saturated carbocycles. The lowest BCUT2D eigenvalue weighted by atomic mass is 9.95. The van der Waals surface area contributed by atoms with Gasteiger partial charge in [-0.05, 0) is 59.0 Å². The molecule has 0 saturated heterocycles. The maximum absolute atomic E-state index is 14.1. The second-order valence-corrected chi connectivity index (χ2v) is 19.7. The number of carbonyl (C=O) groups excluding carboxylic acids is 5. The van der Waals surface area contributed by atoms with Crippen LogP contribution < -0.4 is 24.2 Å². The number of alkyl halides is 2. The summed E-state index contributed by atoms with van der Waals surface area (Å²) in [4.78, 5) is 108. The van der Waals surface area contributed by atoms with E-state index in [0.717, 1.165) is 16.0 Å². The summed E-state index contributed by atoms with van der Waals surface area (Å²) in [5.74, 6) is -2.41. The fourth-order valence-corrected chi connectivity index (χ4v) is 10.5. The van der Waals surface area contributed by atoms with Gasteiger partial charge < -0.3 is 28.7 Å². The SMILES string of the molecule is O=C(CCCCCN1C(=O)C=CC1=O)NCCn1c(C=CC(=O)N2C[C@@H](CCl)c3c2cc(OP(=O)(O)O)c2ccccc32)ccc1C=CC(=O)N1C[C@@H](CCl)c2c1cc(OP(=O)(O)O)c1ccccc21. The van der Waals surface area contributed by atoms with Crippen LogP contribution >= 0.6 is 38.8 Å². The van der Waals surface area contributed by atoms with Crippen LogP contribution in [0.15, 0.2) is 97.1 Å². The van der Waals surface area contributed by atoms with Gasteiger partial charge in [0.05, 0.1) is 11.4 Å². The van der Waals surface area contributed by atoms with E-state index in [4.69, 9.17) is 32.2 Å². The maximum atomic E-state index is 14.1. The molecule has 4 aromatic carbocycles. The quantitative estimate of drug-likeness (QED) is 0.0182. The number of benzene rings is 4. The van der Waals surface area contributed by atoms with Gasteiger partial charge in [0.2, 0.25) is 5.91 Å². The molecule has 0 fully saturated rings. The van der Waals surface area contributed by atoms with Crippen molar-refractivity contribution in [1.29, 1.82) is 0 Å². The Hall–Kier alpha value is -6.07. The Balaban J connectivity index is 1.04. The highest BCUT2D eigenvalue weighted by atomic mass is 35.5. The minimum absolute atomic E-state index is 0.104. The molecule has 5 aromatic rings. The monoisotopic (exact) mass is 1030 g/mol. The normalized spacial score (nSPS) is 16.9. The summed E-state index contributed by atoms with van der Waals surface area (Å²) < 4.78 is 35.9. The highest BCUT2D eigenvalue weighted by Gasteiger charge is 2.36. The number of aromatic nitrogens is 1. The van der Waals surface area contributed by atoms with Crippen LogP contribution in [0.25, 0.3) is 33.7 Å². The fourth-order valence-electron chi connectivity index (χ4n) is 9.22. The number of fused-ring (bicyclic) bond motifs is 6. The van der Waals surface area contributed by atoms with E-state index in [2.05, 4.69) is 5.32 Å². The van der Waals surface area contributed by atoms with E-state index in [9.17, 15) is 52.7 Å². The molecule has 0 radical (unpaired) electrons. The van der Waals surface area contributed by atoms with Gasteiger partial charge in [-0.3, -0.25) is 48.4 Å². The molecule has 0 aliphatic carbocycles. The van der Waals surface area contributed by atoms with E-state index in [1.54, 1.807) is 77.4 Å². The van der Waals surface area contributed by atoms with Crippen LogP contribution in [0.3, 0.4) is 0 Å². The number of halogens is 2. The summed E-state index contributed by atoms with van der Waals surface area (Å²) in [7, 11) is -9.98. The van der Waals surface area contributed by atoms with Crippen LogP contribution in [0, 0.1) is 0 Å². The highest BCUT2D eigenvalue weighted by Crippen LogP contribution is 2.51. The number of carbonyl (C=O) groups is 5. The maximum Gasteiger partial charge on any atom is 0.524 e. The minimum atomic E-state index is -4.99. The number of nitrogens with zero attached hydrogens (tertiary/aromatic N) is 4. The molecule has 1 aromatic heterocycles. The second-order valence-electron chi connectivity index (χ2n) is 16.8. The van der Waals surface area contributed by atoms with E-state index < -0.39 is 27.5 Å². The Labute approximate surface area is 411 Å². The Morgan fingerprint density at radius 2 is 1.11 bits per heavy atom. The summed E-state index contributed by atoms with van der Waals surface area (Å²) in [6, 6.07) is 20.1. The predicted molar refractivity (Wildman–Crippen MR) is 265 cm³/mol. The Morgan fingerprint density at radius 1 is 0.657 bits per heavy atom. The Morgan fingerprint density at radius 3 is 1.56 bits per heavy atom. The van der Waals surface area contributed by atoms with E-state index in [1.807, 2.05) is 0 Å². The topological polar surface area (TPSA) is 246 Å². The third kappa shape index (κ3) is 11.1. The summed E-state index contributed by atoms with van der Waals surface area (Å²) >= 11 is 12.9. The molecule has 3 aliphatic rings.